The molecular weight excluding hydrogens is 208 g/mol. The van der Waals surface area contributed by atoms with Gasteiger partial charge in [-0.05, 0) is 25.2 Å². The van der Waals surface area contributed by atoms with Crippen molar-refractivity contribution in [2.75, 3.05) is 18.1 Å². The van der Waals surface area contributed by atoms with E-state index in [4.69, 9.17) is 5.11 Å². The van der Waals surface area contributed by atoms with E-state index in [1.807, 2.05) is 31.2 Å². The third-order valence-electron chi connectivity index (χ3n) is 2.02. The van der Waals surface area contributed by atoms with Crippen LogP contribution in [0.3, 0.4) is 0 Å². The maximum Gasteiger partial charge on any atom is 0.172 e. The van der Waals surface area contributed by atoms with Gasteiger partial charge in [0.05, 0.1) is 5.75 Å². The molecule has 0 aliphatic rings. The highest BCUT2D eigenvalue weighted by atomic mass is 32.2. The Morgan fingerprint density at radius 3 is 2.93 bits per heavy atom. The van der Waals surface area contributed by atoms with Gasteiger partial charge in [0, 0.05) is 12.2 Å². The smallest absolute Gasteiger partial charge is 0.172 e. The number of carbonyl (C=O) groups is 1. The van der Waals surface area contributed by atoms with Crippen LogP contribution in [-0.2, 0) is 0 Å². The van der Waals surface area contributed by atoms with E-state index in [9.17, 15) is 4.79 Å². The molecule has 0 aliphatic carbocycles. The van der Waals surface area contributed by atoms with Gasteiger partial charge >= 0.3 is 0 Å². The molecule has 1 aromatic rings. The lowest BCUT2D eigenvalue weighted by Crippen LogP contribution is -2.03. The maximum atomic E-state index is 11.7. The fourth-order valence-electron chi connectivity index (χ4n) is 1.23. The van der Waals surface area contributed by atoms with Crippen LogP contribution < -0.4 is 0 Å². The molecule has 0 fully saturated rings. The molecule has 82 valence electrons. The van der Waals surface area contributed by atoms with E-state index in [2.05, 4.69) is 0 Å². The molecule has 0 saturated heterocycles. The van der Waals surface area contributed by atoms with Gasteiger partial charge in [0.15, 0.2) is 5.78 Å². The summed E-state index contributed by atoms with van der Waals surface area (Å²) >= 11 is 1.58. The summed E-state index contributed by atoms with van der Waals surface area (Å²) in [7, 11) is 0. The molecule has 0 bridgehead atoms. The highest BCUT2D eigenvalue weighted by Gasteiger charge is 2.05. The molecule has 1 N–H and O–H groups in total. The van der Waals surface area contributed by atoms with E-state index >= 15 is 0 Å². The maximum absolute atomic E-state index is 11.7. The third-order valence-corrected chi connectivity index (χ3v) is 3.06. The van der Waals surface area contributed by atoms with Crippen molar-refractivity contribution in [3.05, 3.63) is 35.4 Å². The highest BCUT2D eigenvalue weighted by molar-refractivity contribution is 7.99. The number of benzene rings is 1. The normalized spacial score (nSPS) is 10.3. The molecule has 2 nitrogen and oxygen atoms in total. The Kier molecular flexibility index (Phi) is 5.43. The average Bonchev–Trinajstić information content (AvgIpc) is 2.24. The zero-order valence-electron chi connectivity index (χ0n) is 8.90. The van der Waals surface area contributed by atoms with Gasteiger partial charge in [-0.3, -0.25) is 4.79 Å². The van der Waals surface area contributed by atoms with E-state index in [1.54, 1.807) is 11.8 Å². The van der Waals surface area contributed by atoms with Crippen molar-refractivity contribution in [2.24, 2.45) is 0 Å². The number of aliphatic hydroxyl groups is 1. The first-order chi connectivity index (χ1) is 7.24. The number of hydrogen-bond donors (Lipinski definition) is 1. The number of Topliss-reactive ketones (excluding diaryl/α,β-unsaturated/α-hetero) is 1. The molecule has 15 heavy (non-hydrogen) atoms. The molecule has 0 heterocycles. The number of aliphatic hydroxyl groups excluding tert-OH is 1. The molecule has 0 atom stereocenters. The molecule has 0 spiro atoms. The van der Waals surface area contributed by atoms with Crippen molar-refractivity contribution in [1.29, 1.82) is 0 Å². The van der Waals surface area contributed by atoms with E-state index < -0.39 is 0 Å². The van der Waals surface area contributed by atoms with Gasteiger partial charge in [-0.2, -0.15) is 11.8 Å². The van der Waals surface area contributed by atoms with Crippen molar-refractivity contribution in [1.82, 2.24) is 0 Å². The Bertz CT molecular complexity index is 323. The second kappa shape index (κ2) is 6.64. The molecule has 1 rings (SSSR count). The van der Waals surface area contributed by atoms with E-state index in [0.29, 0.717) is 5.75 Å². The lowest BCUT2D eigenvalue weighted by molar-refractivity contribution is 0.102. The summed E-state index contributed by atoms with van der Waals surface area (Å²) in [5.41, 5.74) is 1.90. The fraction of sp³-hybridized carbons (Fsp3) is 0.417. The van der Waals surface area contributed by atoms with Gasteiger partial charge in [0.2, 0.25) is 0 Å². The van der Waals surface area contributed by atoms with Gasteiger partial charge in [-0.25, -0.2) is 0 Å². The van der Waals surface area contributed by atoms with Crippen LogP contribution in [0.15, 0.2) is 24.3 Å². The minimum absolute atomic E-state index is 0.168. The molecule has 0 radical (unpaired) electrons. The summed E-state index contributed by atoms with van der Waals surface area (Å²) < 4.78 is 0. The van der Waals surface area contributed by atoms with E-state index in [-0.39, 0.29) is 12.4 Å². The molecule has 1 aromatic carbocycles. The first kappa shape index (κ1) is 12.3. The summed E-state index contributed by atoms with van der Waals surface area (Å²) in [6.07, 6.45) is 0.756. The quantitative estimate of drug-likeness (QED) is 0.595. The molecular formula is C12H16O2S. The second-order valence-electron chi connectivity index (χ2n) is 3.42. The number of carbonyl (C=O) groups excluding carboxylic acids is 1. The average molecular weight is 224 g/mol. The highest BCUT2D eigenvalue weighted by Crippen LogP contribution is 2.10. The van der Waals surface area contributed by atoms with E-state index in [1.165, 1.54) is 0 Å². The zero-order chi connectivity index (χ0) is 11.1. The van der Waals surface area contributed by atoms with Crippen LogP contribution in [0.5, 0.6) is 0 Å². The van der Waals surface area contributed by atoms with Gasteiger partial charge < -0.3 is 5.11 Å². The van der Waals surface area contributed by atoms with Crippen LogP contribution in [0.25, 0.3) is 0 Å². The first-order valence-electron chi connectivity index (χ1n) is 5.02. The van der Waals surface area contributed by atoms with Crippen LogP contribution in [0.2, 0.25) is 0 Å². The Labute approximate surface area is 94.7 Å². The number of rotatable bonds is 6. The first-order valence-corrected chi connectivity index (χ1v) is 6.18. The van der Waals surface area contributed by atoms with E-state index in [0.717, 1.165) is 23.3 Å². The molecule has 0 amide bonds. The van der Waals surface area contributed by atoms with Crippen molar-refractivity contribution in [3.8, 4) is 0 Å². The van der Waals surface area contributed by atoms with Crippen LogP contribution in [0.4, 0.5) is 0 Å². The summed E-state index contributed by atoms with van der Waals surface area (Å²) in [5.74, 6) is 1.51. The standard InChI is InChI=1S/C12H16O2S/c1-10-4-2-5-11(8-10)12(14)9-15-7-3-6-13/h2,4-5,8,13H,3,6-7,9H2,1H3. The van der Waals surface area contributed by atoms with Gasteiger partial charge in [-0.15, -0.1) is 0 Å². The fourth-order valence-corrected chi connectivity index (χ4v) is 2.06. The minimum atomic E-state index is 0.168. The minimum Gasteiger partial charge on any atom is -0.396 e. The largest absolute Gasteiger partial charge is 0.396 e. The van der Waals surface area contributed by atoms with Crippen LogP contribution in [0.1, 0.15) is 22.3 Å². The Morgan fingerprint density at radius 2 is 2.27 bits per heavy atom. The van der Waals surface area contributed by atoms with Gasteiger partial charge in [0.1, 0.15) is 0 Å². The third kappa shape index (κ3) is 4.49. The summed E-state index contributed by atoms with van der Waals surface area (Å²) in [5, 5.41) is 8.59. The number of ketones is 1. The number of hydrogen-bond acceptors (Lipinski definition) is 3. The second-order valence-corrected chi connectivity index (χ2v) is 4.53. The number of aryl methyl sites for hydroxylation is 1. The Balaban J connectivity index is 2.40. The monoisotopic (exact) mass is 224 g/mol. The summed E-state index contributed by atoms with van der Waals surface area (Å²) in [6, 6.07) is 7.65. The van der Waals surface area contributed by atoms with Crippen molar-refractivity contribution in [2.45, 2.75) is 13.3 Å². The molecule has 3 heteroatoms. The Morgan fingerprint density at radius 1 is 1.47 bits per heavy atom. The lowest BCUT2D eigenvalue weighted by Gasteiger charge is -2.01. The van der Waals surface area contributed by atoms with Crippen molar-refractivity contribution >= 4 is 17.5 Å². The molecule has 0 saturated carbocycles. The summed E-state index contributed by atoms with van der Waals surface area (Å²) in [6.45, 7) is 2.18. The molecule has 0 aliphatic heterocycles. The van der Waals surface area contributed by atoms with Crippen molar-refractivity contribution in [3.63, 3.8) is 0 Å². The van der Waals surface area contributed by atoms with Gasteiger partial charge in [-0.1, -0.05) is 23.8 Å². The van der Waals surface area contributed by atoms with Crippen LogP contribution in [0, 0.1) is 6.92 Å². The molecule has 0 aromatic heterocycles. The Hall–Kier alpha value is -0.800. The van der Waals surface area contributed by atoms with Crippen molar-refractivity contribution < 1.29 is 9.90 Å². The van der Waals surface area contributed by atoms with Crippen LogP contribution >= 0.6 is 11.8 Å². The van der Waals surface area contributed by atoms with Crippen LogP contribution in [-0.4, -0.2) is 29.0 Å². The zero-order valence-corrected chi connectivity index (χ0v) is 9.72. The predicted molar refractivity (Wildman–Crippen MR) is 64.5 cm³/mol. The summed E-state index contributed by atoms with van der Waals surface area (Å²) in [4.78, 5) is 11.7. The lowest BCUT2D eigenvalue weighted by atomic mass is 10.1. The topological polar surface area (TPSA) is 37.3 Å². The molecule has 0 unspecified atom stereocenters. The number of thioether (sulfide) groups is 1. The SMILES string of the molecule is Cc1cccc(C(=O)CSCCCO)c1. The predicted octanol–water partition coefficient (Wildman–Crippen LogP) is 2.29. The van der Waals surface area contributed by atoms with Gasteiger partial charge in [0.25, 0.3) is 0 Å².